The Labute approximate surface area is 156 Å². The molecular weight excluding hydrogens is 358 g/mol. The van der Waals surface area contributed by atoms with Crippen LogP contribution in [0.4, 0.5) is 5.69 Å². The molecule has 0 atom stereocenters. The third-order valence-corrected chi connectivity index (χ3v) is 5.37. The smallest absolute Gasteiger partial charge is 0.264 e. The first-order chi connectivity index (χ1) is 12.0. The number of amides is 2. The minimum Gasteiger partial charge on any atom is -0.335 e. The summed E-state index contributed by atoms with van der Waals surface area (Å²) in [5, 5.41) is 2.90. The maximum atomic E-state index is 12.4. The highest BCUT2D eigenvalue weighted by atomic mass is 35.5. The van der Waals surface area contributed by atoms with Crippen molar-refractivity contribution in [3.05, 3.63) is 51.2 Å². The average Bonchev–Trinajstić information content (AvgIpc) is 3.03. The van der Waals surface area contributed by atoms with E-state index in [2.05, 4.69) is 10.2 Å². The van der Waals surface area contributed by atoms with E-state index >= 15 is 0 Å². The van der Waals surface area contributed by atoms with Gasteiger partial charge in [0.25, 0.3) is 5.91 Å². The summed E-state index contributed by atoms with van der Waals surface area (Å²) in [6, 6.07) is 11.2. The summed E-state index contributed by atoms with van der Waals surface area (Å²) >= 11 is 7.19. The van der Waals surface area contributed by atoms with Crippen LogP contribution >= 0.6 is 22.9 Å². The van der Waals surface area contributed by atoms with Gasteiger partial charge in [0.1, 0.15) is 0 Å². The lowest BCUT2D eigenvalue weighted by atomic mass is 10.2. The Morgan fingerprint density at radius 3 is 2.36 bits per heavy atom. The molecule has 1 aromatic carbocycles. The Morgan fingerprint density at radius 2 is 1.76 bits per heavy atom. The molecule has 5 nitrogen and oxygen atoms in total. The van der Waals surface area contributed by atoms with Crippen molar-refractivity contribution in [1.29, 1.82) is 0 Å². The van der Waals surface area contributed by atoms with Crippen LogP contribution in [0, 0.1) is 6.92 Å². The molecule has 1 aromatic heterocycles. The molecule has 25 heavy (non-hydrogen) atoms. The van der Waals surface area contributed by atoms with Gasteiger partial charge in [0.05, 0.1) is 15.8 Å². The number of benzene rings is 1. The first-order valence-corrected chi connectivity index (χ1v) is 9.34. The number of anilines is 1. The standard InChI is InChI=1S/C18H20ClN3O2S/c1-13-2-4-14(5-3-13)20-17(23)12-21-8-10-22(11-9-21)18(24)15-6-7-16(19)25-15/h2-7H,8-12H2,1H3,(H,20,23). The number of nitrogens with zero attached hydrogens (tertiary/aromatic N) is 2. The molecule has 1 N–H and O–H groups in total. The largest absolute Gasteiger partial charge is 0.335 e. The number of carbonyl (C=O) groups is 2. The van der Waals surface area contributed by atoms with Crippen LogP contribution in [0.15, 0.2) is 36.4 Å². The molecule has 0 spiro atoms. The first kappa shape index (κ1) is 17.9. The normalized spacial score (nSPS) is 15.2. The number of thiophene rings is 1. The Hall–Kier alpha value is -1.89. The van der Waals surface area contributed by atoms with Crippen LogP contribution in [0.1, 0.15) is 15.2 Å². The molecule has 0 saturated carbocycles. The van der Waals surface area contributed by atoms with E-state index in [0.29, 0.717) is 41.9 Å². The number of piperazine rings is 1. The van der Waals surface area contributed by atoms with E-state index in [4.69, 9.17) is 11.6 Å². The molecule has 132 valence electrons. The molecule has 1 aliphatic heterocycles. The monoisotopic (exact) mass is 377 g/mol. The summed E-state index contributed by atoms with van der Waals surface area (Å²) in [6.45, 7) is 4.95. The number of halogens is 1. The lowest BCUT2D eigenvalue weighted by Gasteiger charge is -2.34. The van der Waals surface area contributed by atoms with Gasteiger partial charge in [0.15, 0.2) is 0 Å². The fourth-order valence-electron chi connectivity index (χ4n) is 2.73. The molecule has 1 saturated heterocycles. The van der Waals surface area contributed by atoms with E-state index in [-0.39, 0.29) is 11.8 Å². The lowest BCUT2D eigenvalue weighted by Crippen LogP contribution is -2.50. The number of hydrogen-bond donors (Lipinski definition) is 1. The summed E-state index contributed by atoms with van der Waals surface area (Å²) < 4.78 is 0.620. The minimum absolute atomic E-state index is 0.0145. The SMILES string of the molecule is Cc1ccc(NC(=O)CN2CCN(C(=O)c3ccc(Cl)s3)CC2)cc1. The van der Waals surface area contributed by atoms with Gasteiger partial charge in [-0.05, 0) is 31.2 Å². The Balaban J connectivity index is 1.46. The van der Waals surface area contributed by atoms with Crippen LogP contribution in [0.5, 0.6) is 0 Å². The highest BCUT2D eigenvalue weighted by molar-refractivity contribution is 7.17. The van der Waals surface area contributed by atoms with Gasteiger partial charge < -0.3 is 10.2 Å². The van der Waals surface area contributed by atoms with Crippen LogP contribution in [0.2, 0.25) is 4.34 Å². The van der Waals surface area contributed by atoms with Gasteiger partial charge in [-0.1, -0.05) is 29.3 Å². The van der Waals surface area contributed by atoms with Crippen molar-refractivity contribution in [2.24, 2.45) is 0 Å². The molecule has 1 fully saturated rings. The fourth-order valence-corrected chi connectivity index (χ4v) is 3.75. The molecular formula is C18H20ClN3O2S. The lowest BCUT2D eigenvalue weighted by molar-refractivity contribution is -0.117. The number of rotatable bonds is 4. The van der Waals surface area contributed by atoms with E-state index in [1.807, 2.05) is 36.1 Å². The number of carbonyl (C=O) groups excluding carboxylic acids is 2. The molecule has 2 amide bonds. The highest BCUT2D eigenvalue weighted by Crippen LogP contribution is 2.23. The highest BCUT2D eigenvalue weighted by Gasteiger charge is 2.24. The zero-order valence-electron chi connectivity index (χ0n) is 14.0. The van der Waals surface area contributed by atoms with Crippen molar-refractivity contribution in [2.75, 3.05) is 38.0 Å². The van der Waals surface area contributed by atoms with Crippen molar-refractivity contribution >= 4 is 40.4 Å². The van der Waals surface area contributed by atoms with E-state index in [1.165, 1.54) is 11.3 Å². The summed E-state index contributed by atoms with van der Waals surface area (Å²) in [5.74, 6) is -0.0191. The van der Waals surface area contributed by atoms with Gasteiger partial charge in [-0.25, -0.2) is 0 Å². The molecule has 3 rings (SSSR count). The quantitative estimate of drug-likeness (QED) is 0.890. The third kappa shape index (κ3) is 4.81. The van der Waals surface area contributed by atoms with Crippen LogP contribution in [0.25, 0.3) is 0 Å². The van der Waals surface area contributed by atoms with Crippen molar-refractivity contribution < 1.29 is 9.59 Å². The molecule has 2 aromatic rings. The fraction of sp³-hybridized carbons (Fsp3) is 0.333. The van der Waals surface area contributed by atoms with E-state index in [9.17, 15) is 9.59 Å². The van der Waals surface area contributed by atoms with Crippen molar-refractivity contribution in [3.63, 3.8) is 0 Å². The van der Waals surface area contributed by atoms with Crippen molar-refractivity contribution in [3.8, 4) is 0 Å². The van der Waals surface area contributed by atoms with Gasteiger partial charge in [0, 0.05) is 31.9 Å². The van der Waals surface area contributed by atoms with Gasteiger partial charge in [0.2, 0.25) is 5.91 Å². The Bertz CT molecular complexity index is 752. The zero-order valence-corrected chi connectivity index (χ0v) is 15.6. The van der Waals surface area contributed by atoms with Crippen LogP contribution in [-0.4, -0.2) is 54.3 Å². The third-order valence-electron chi connectivity index (χ3n) is 4.15. The second-order valence-electron chi connectivity index (χ2n) is 6.09. The molecule has 0 unspecified atom stereocenters. The van der Waals surface area contributed by atoms with Crippen LogP contribution < -0.4 is 5.32 Å². The topological polar surface area (TPSA) is 52.7 Å². The van der Waals surface area contributed by atoms with Crippen LogP contribution in [0.3, 0.4) is 0 Å². The molecule has 7 heteroatoms. The van der Waals surface area contributed by atoms with E-state index < -0.39 is 0 Å². The van der Waals surface area contributed by atoms with Gasteiger partial charge in [-0.2, -0.15) is 0 Å². The number of hydrogen-bond acceptors (Lipinski definition) is 4. The Kier molecular flexibility index (Phi) is 5.73. The predicted molar refractivity (Wildman–Crippen MR) is 101 cm³/mol. The second kappa shape index (κ2) is 7.99. The van der Waals surface area contributed by atoms with E-state index in [0.717, 1.165) is 11.3 Å². The molecule has 0 bridgehead atoms. The van der Waals surface area contributed by atoms with Gasteiger partial charge in [-0.3, -0.25) is 14.5 Å². The van der Waals surface area contributed by atoms with Gasteiger partial charge >= 0.3 is 0 Å². The molecule has 2 heterocycles. The van der Waals surface area contributed by atoms with Gasteiger partial charge in [-0.15, -0.1) is 11.3 Å². The summed E-state index contributed by atoms with van der Waals surface area (Å²) in [4.78, 5) is 29.1. The molecule has 1 aliphatic rings. The maximum Gasteiger partial charge on any atom is 0.264 e. The van der Waals surface area contributed by atoms with Crippen molar-refractivity contribution in [1.82, 2.24) is 9.80 Å². The van der Waals surface area contributed by atoms with Crippen LogP contribution in [-0.2, 0) is 4.79 Å². The van der Waals surface area contributed by atoms with Crippen molar-refractivity contribution in [2.45, 2.75) is 6.92 Å². The zero-order chi connectivity index (χ0) is 17.8. The predicted octanol–water partition coefficient (Wildman–Crippen LogP) is 3.11. The second-order valence-corrected chi connectivity index (χ2v) is 7.80. The minimum atomic E-state index is -0.0336. The molecule has 0 radical (unpaired) electrons. The molecule has 0 aliphatic carbocycles. The summed E-state index contributed by atoms with van der Waals surface area (Å²) in [6.07, 6.45) is 0. The number of aryl methyl sites for hydroxylation is 1. The maximum absolute atomic E-state index is 12.4. The summed E-state index contributed by atoms with van der Waals surface area (Å²) in [5.41, 5.74) is 1.96. The number of nitrogens with one attached hydrogen (secondary N) is 1. The average molecular weight is 378 g/mol. The Morgan fingerprint density at radius 1 is 1.08 bits per heavy atom. The summed E-state index contributed by atoms with van der Waals surface area (Å²) in [7, 11) is 0. The first-order valence-electron chi connectivity index (χ1n) is 8.15. The van der Waals surface area contributed by atoms with E-state index in [1.54, 1.807) is 12.1 Å².